The number of fused-ring (bicyclic) bond motifs is 3. The van der Waals surface area contributed by atoms with Gasteiger partial charge in [-0.25, -0.2) is 9.78 Å². The maximum absolute atomic E-state index is 12.3. The molecule has 2 aromatic carbocycles. The molecule has 0 spiro atoms. The molecule has 1 heterocycles. The Morgan fingerprint density at radius 1 is 1.09 bits per heavy atom. The van der Waals surface area contributed by atoms with Crippen molar-refractivity contribution in [3.63, 3.8) is 0 Å². The zero-order chi connectivity index (χ0) is 24.8. The molecule has 182 valence electrons. The average Bonchev–Trinajstić information content (AvgIpc) is 3.45. The first-order valence-electron chi connectivity index (χ1n) is 11.6. The number of carboxylic acids is 1. The van der Waals surface area contributed by atoms with E-state index < -0.39 is 24.0 Å². The van der Waals surface area contributed by atoms with E-state index in [9.17, 15) is 14.4 Å². The maximum Gasteiger partial charge on any atom is 0.407 e. The fourth-order valence-electron chi connectivity index (χ4n) is 4.30. The van der Waals surface area contributed by atoms with Crippen LogP contribution in [0.5, 0.6) is 0 Å². The van der Waals surface area contributed by atoms with Gasteiger partial charge < -0.3 is 25.0 Å². The van der Waals surface area contributed by atoms with E-state index in [2.05, 4.69) is 39.9 Å². The molecule has 9 nitrogen and oxygen atoms in total. The van der Waals surface area contributed by atoms with Crippen molar-refractivity contribution in [2.24, 2.45) is 0 Å². The maximum atomic E-state index is 12.3. The molecule has 4 rings (SSSR count). The lowest BCUT2D eigenvalue weighted by atomic mass is 9.98. The fourth-order valence-corrected chi connectivity index (χ4v) is 4.30. The van der Waals surface area contributed by atoms with Gasteiger partial charge in [-0.3, -0.25) is 9.59 Å². The molecule has 0 unspecified atom stereocenters. The number of carbonyl (C=O) groups excluding carboxylic acids is 2. The van der Waals surface area contributed by atoms with Crippen LogP contribution in [0.15, 0.2) is 61.1 Å². The number of aromatic nitrogens is 2. The van der Waals surface area contributed by atoms with Gasteiger partial charge in [0.05, 0.1) is 12.7 Å². The number of aliphatic carboxylic acids is 1. The van der Waals surface area contributed by atoms with E-state index in [0.717, 1.165) is 11.1 Å². The van der Waals surface area contributed by atoms with Crippen LogP contribution in [0.25, 0.3) is 11.1 Å². The highest BCUT2D eigenvalue weighted by atomic mass is 16.5. The standard InChI is InChI=1S/C26H28N4O5/c1-2-17(13-24(31)32)29-25(33)23-14-30(16-28-23)12-11-27-26(34)35-15-22-20-9-5-3-7-18(20)19-8-4-6-10-21(19)22/h3-10,14,16-17,22H,2,11-13,15H2,1H3,(H,27,34)(H,29,33)(H,31,32)/t17-/m1/s1. The van der Waals surface area contributed by atoms with Gasteiger partial charge in [0.15, 0.2) is 0 Å². The van der Waals surface area contributed by atoms with Crippen LogP contribution in [0.2, 0.25) is 0 Å². The van der Waals surface area contributed by atoms with Crippen LogP contribution >= 0.6 is 0 Å². The quantitative estimate of drug-likeness (QED) is 0.412. The number of hydrogen-bond acceptors (Lipinski definition) is 5. The zero-order valence-electron chi connectivity index (χ0n) is 19.4. The largest absolute Gasteiger partial charge is 0.481 e. The molecule has 1 aliphatic carbocycles. The molecule has 2 amide bonds. The minimum absolute atomic E-state index is 0.00376. The molecule has 1 aromatic heterocycles. The van der Waals surface area contributed by atoms with Crippen LogP contribution in [0.3, 0.4) is 0 Å². The van der Waals surface area contributed by atoms with E-state index in [-0.39, 0.29) is 24.6 Å². The first-order valence-corrected chi connectivity index (χ1v) is 11.6. The summed E-state index contributed by atoms with van der Waals surface area (Å²) in [6, 6.07) is 15.9. The summed E-state index contributed by atoms with van der Waals surface area (Å²) in [6.45, 7) is 2.74. The minimum Gasteiger partial charge on any atom is -0.481 e. The number of ether oxygens (including phenoxy) is 1. The molecule has 35 heavy (non-hydrogen) atoms. The lowest BCUT2D eigenvalue weighted by Gasteiger charge is -2.14. The van der Waals surface area contributed by atoms with Crippen molar-refractivity contribution in [2.75, 3.05) is 13.2 Å². The number of hydrogen-bond donors (Lipinski definition) is 3. The number of nitrogens with zero attached hydrogens (tertiary/aromatic N) is 2. The van der Waals surface area contributed by atoms with E-state index in [1.165, 1.54) is 17.5 Å². The number of imidazole rings is 1. The monoisotopic (exact) mass is 476 g/mol. The lowest BCUT2D eigenvalue weighted by Crippen LogP contribution is -2.36. The van der Waals surface area contributed by atoms with Crippen molar-refractivity contribution in [1.82, 2.24) is 20.2 Å². The highest BCUT2D eigenvalue weighted by Gasteiger charge is 2.29. The third-order valence-corrected chi connectivity index (χ3v) is 6.10. The van der Waals surface area contributed by atoms with Crippen molar-refractivity contribution in [1.29, 1.82) is 0 Å². The molecule has 0 saturated carbocycles. The molecule has 3 aromatic rings. The van der Waals surface area contributed by atoms with Crippen LogP contribution in [0.1, 0.15) is 47.3 Å². The summed E-state index contributed by atoms with van der Waals surface area (Å²) in [4.78, 5) is 39.6. The van der Waals surface area contributed by atoms with Crippen LogP contribution in [0, 0.1) is 0 Å². The Morgan fingerprint density at radius 2 is 1.74 bits per heavy atom. The van der Waals surface area contributed by atoms with Gasteiger partial charge >= 0.3 is 12.1 Å². The number of rotatable bonds is 10. The summed E-state index contributed by atoms with van der Waals surface area (Å²) in [6.07, 6.45) is 2.90. The Kier molecular flexibility index (Phi) is 7.45. The highest BCUT2D eigenvalue weighted by Crippen LogP contribution is 2.44. The second-order valence-electron chi connectivity index (χ2n) is 8.43. The Bertz CT molecular complexity index is 1180. The molecule has 0 bridgehead atoms. The number of nitrogens with one attached hydrogen (secondary N) is 2. The van der Waals surface area contributed by atoms with Gasteiger partial charge in [-0.1, -0.05) is 55.5 Å². The lowest BCUT2D eigenvalue weighted by molar-refractivity contribution is -0.137. The molecule has 9 heteroatoms. The molecule has 1 aliphatic rings. The Balaban J connectivity index is 1.25. The van der Waals surface area contributed by atoms with Crippen LogP contribution in [-0.2, 0) is 16.1 Å². The fraction of sp³-hybridized carbons (Fsp3) is 0.308. The number of amides is 2. The number of benzene rings is 2. The number of alkyl carbamates (subject to hydrolysis) is 1. The Hall–Kier alpha value is -4.14. The van der Waals surface area contributed by atoms with Crippen molar-refractivity contribution in [2.45, 2.75) is 38.3 Å². The minimum atomic E-state index is -0.970. The molecule has 0 fully saturated rings. The third-order valence-electron chi connectivity index (χ3n) is 6.10. The normalized spacial score (nSPS) is 12.9. The Morgan fingerprint density at radius 3 is 2.37 bits per heavy atom. The summed E-state index contributed by atoms with van der Waals surface area (Å²) < 4.78 is 7.20. The van der Waals surface area contributed by atoms with E-state index in [1.54, 1.807) is 10.8 Å². The summed E-state index contributed by atoms with van der Waals surface area (Å²) in [5.41, 5.74) is 4.84. The van der Waals surface area contributed by atoms with Crippen molar-refractivity contribution in [3.05, 3.63) is 77.9 Å². The second-order valence-corrected chi connectivity index (χ2v) is 8.43. The van der Waals surface area contributed by atoms with Gasteiger partial charge in [0, 0.05) is 31.2 Å². The van der Waals surface area contributed by atoms with Gasteiger partial charge in [-0.2, -0.15) is 0 Å². The van der Waals surface area contributed by atoms with Gasteiger partial charge in [0.25, 0.3) is 5.91 Å². The predicted octanol–water partition coefficient (Wildman–Crippen LogP) is 3.40. The average molecular weight is 477 g/mol. The smallest absolute Gasteiger partial charge is 0.407 e. The Labute approximate surface area is 203 Å². The third kappa shape index (κ3) is 5.68. The summed E-state index contributed by atoms with van der Waals surface area (Å²) >= 11 is 0. The van der Waals surface area contributed by atoms with E-state index in [0.29, 0.717) is 19.5 Å². The van der Waals surface area contributed by atoms with Crippen LogP contribution in [-0.4, -0.2) is 51.8 Å². The van der Waals surface area contributed by atoms with Crippen molar-refractivity contribution >= 4 is 18.0 Å². The van der Waals surface area contributed by atoms with Gasteiger partial charge in [-0.15, -0.1) is 0 Å². The van der Waals surface area contributed by atoms with E-state index in [4.69, 9.17) is 9.84 Å². The molecule has 1 atom stereocenters. The van der Waals surface area contributed by atoms with Crippen LogP contribution < -0.4 is 10.6 Å². The second kappa shape index (κ2) is 10.9. The molecular formula is C26H28N4O5. The van der Waals surface area contributed by atoms with E-state index in [1.807, 2.05) is 31.2 Å². The topological polar surface area (TPSA) is 123 Å². The van der Waals surface area contributed by atoms with Gasteiger partial charge in [0.2, 0.25) is 0 Å². The number of carbonyl (C=O) groups is 3. The molecule has 3 N–H and O–H groups in total. The molecule has 0 radical (unpaired) electrons. The SMILES string of the molecule is CC[C@H](CC(=O)O)NC(=O)c1cn(CCNC(=O)OCC2c3ccccc3-c3ccccc32)cn1. The number of carboxylic acid groups (broad SMARTS) is 1. The van der Waals surface area contributed by atoms with Gasteiger partial charge in [0.1, 0.15) is 12.3 Å². The highest BCUT2D eigenvalue weighted by molar-refractivity contribution is 5.92. The summed E-state index contributed by atoms with van der Waals surface area (Å²) in [5, 5.41) is 14.3. The van der Waals surface area contributed by atoms with Gasteiger partial charge in [-0.05, 0) is 28.7 Å². The molecular weight excluding hydrogens is 448 g/mol. The molecule has 0 aliphatic heterocycles. The van der Waals surface area contributed by atoms with E-state index >= 15 is 0 Å². The summed E-state index contributed by atoms with van der Waals surface area (Å²) in [7, 11) is 0. The predicted molar refractivity (Wildman–Crippen MR) is 129 cm³/mol. The van der Waals surface area contributed by atoms with Crippen molar-refractivity contribution < 1.29 is 24.2 Å². The zero-order valence-corrected chi connectivity index (χ0v) is 19.4. The first-order chi connectivity index (χ1) is 17.0. The molecule has 0 saturated heterocycles. The van der Waals surface area contributed by atoms with Crippen molar-refractivity contribution in [3.8, 4) is 11.1 Å². The van der Waals surface area contributed by atoms with Crippen LogP contribution in [0.4, 0.5) is 4.79 Å². The summed E-state index contributed by atoms with van der Waals surface area (Å²) in [5.74, 6) is -1.40. The first kappa shape index (κ1) is 24.0.